The third-order valence-electron chi connectivity index (χ3n) is 2.47. The van der Waals surface area contributed by atoms with Gasteiger partial charge in [0.1, 0.15) is 11.6 Å². The molecule has 2 rings (SSSR count). The zero-order valence-corrected chi connectivity index (χ0v) is 11.5. The van der Waals surface area contributed by atoms with Crippen LogP contribution in [0.4, 0.5) is 4.39 Å². The number of hydrogen-bond acceptors (Lipinski definition) is 3. The minimum atomic E-state index is -0.515. The fraction of sp³-hybridized carbons (Fsp3) is 0.214. The third kappa shape index (κ3) is 2.93. The number of hydrogen-bond donors (Lipinski definition) is 1. The number of benzene rings is 1. The van der Waals surface area contributed by atoms with E-state index in [-0.39, 0.29) is 11.9 Å². The number of amides is 1. The number of nitrogens with two attached hydrogens (primary N) is 1. The number of ether oxygens (including phenoxy) is 1. The summed E-state index contributed by atoms with van der Waals surface area (Å²) in [5, 5.41) is 1.70. The van der Waals surface area contributed by atoms with Crippen molar-refractivity contribution in [3.63, 3.8) is 0 Å². The Morgan fingerprint density at radius 3 is 2.74 bits per heavy atom. The highest BCUT2D eigenvalue weighted by Gasteiger charge is 2.16. The third-order valence-corrected chi connectivity index (χ3v) is 3.41. The van der Waals surface area contributed by atoms with Gasteiger partial charge in [-0.1, -0.05) is 6.07 Å². The lowest BCUT2D eigenvalue weighted by Crippen LogP contribution is -2.08. The van der Waals surface area contributed by atoms with E-state index in [1.807, 2.05) is 13.8 Å². The van der Waals surface area contributed by atoms with E-state index >= 15 is 0 Å². The van der Waals surface area contributed by atoms with Crippen LogP contribution in [0.25, 0.3) is 11.1 Å². The molecule has 1 heterocycles. The van der Waals surface area contributed by atoms with Gasteiger partial charge in [-0.05, 0) is 43.0 Å². The van der Waals surface area contributed by atoms with Gasteiger partial charge in [0.15, 0.2) is 0 Å². The molecule has 3 nitrogen and oxygen atoms in total. The predicted octanol–water partition coefficient (Wildman–Crippen LogP) is 3.44. The second-order valence-corrected chi connectivity index (χ2v) is 5.25. The minimum Gasteiger partial charge on any atom is -0.490 e. The molecule has 0 saturated heterocycles. The molecule has 0 saturated carbocycles. The molecular weight excluding hydrogens is 265 g/mol. The largest absolute Gasteiger partial charge is 0.490 e. The molecular formula is C14H14FNO2S. The monoisotopic (exact) mass is 279 g/mol. The highest BCUT2D eigenvalue weighted by Crippen LogP contribution is 2.35. The van der Waals surface area contributed by atoms with Crippen LogP contribution in [0.3, 0.4) is 0 Å². The molecule has 0 atom stereocenters. The van der Waals surface area contributed by atoms with E-state index in [1.54, 1.807) is 23.6 Å². The molecule has 1 aromatic carbocycles. The molecule has 0 unspecified atom stereocenters. The standard InChI is InChI=1S/C14H14FNO2S/c1-8(2)18-11-5-3-4-10(15)13(11)9-6-12(14(16)17)19-7-9/h3-8H,1-2H3,(H2,16,17). The van der Waals surface area contributed by atoms with Gasteiger partial charge in [-0.3, -0.25) is 4.79 Å². The maximum absolute atomic E-state index is 14.0. The van der Waals surface area contributed by atoms with Crippen molar-refractivity contribution in [1.82, 2.24) is 0 Å². The Morgan fingerprint density at radius 1 is 1.42 bits per heavy atom. The van der Waals surface area contributed by atoms with E-state index in [0.29, 0.717) is 21.8 Å². The Kier molecular flexibility index (Phi) is 3.85. The lowest BCUT2D eigenvalue weighted by Gasteiger charge is -2.14. The number of carbonyl (C=O) groups is 1. The first kappa shape index (κ1) is 13.5. The second kappa shape index (κ2) is 5.40. The van der Waals surface area contributed by atoms with Crippen LogP contribution in [0.15, 0.2) is 29.6 Å². The highest BCUT2D eigenvalue weighted by molar-refractivity contribution is 7.12. The molecule has 1 aromatic heterocycles. The quantitative estimate of drug-likeness (QED) is 0.932. The summed E-state index contributed by atoms with van der Waals surface area (Å²) in [5.41, 5.74) is 6.17. The summed E-state index contributed by atoms with van der Waals surface area (Å²) >= 11 is 1.19. The van der Waals surface area contributed by atoms with Gasteiger partial charge in [-0.25, -0.2) is 4.39 Å². The lowest BCUT2D eigenvalue weighted by molar-refractivity contribution is 0.100. The molecule has 0 aliphatic carbocycles. The Bertz CT molecular complexity index is 607. The number of primary amides is 1. The van der Waals surface area contributed by atoms with Gasteiger partial charge < -0.3 is 10.5 Å². The van der Waals surface area contributed by atoms with Gasteiger partial charge in [0, 0.05) is 0 Å². The van der Waals surface area contributed by atoms with Crippen LogP contribution in [0.1, 0.15) is 23.5 Å². The molecule has 0 spiro atoms. The molecule has 2 aromatic rings. The van der Waals surface area contributed by atoms with Crippen LogP contribution in [-0.2, 0) is 0 Å². The van der Waals surface area contributed by atoms with Crippen molar-refractivity contribution in [3.05, 3.63) is 40.3 Å². The molecule has 2 N–H and O–H groups in total. The van der Waals surface area contributed by atoms with Crippen molar-refractivity contribution in [2.75, 3.05) is 0 Å². The summed E-state index contributed by atoms with van der Waals surface area (Å²) in [4.78, 5) is 11.5. The van der Waals surface area contributed by atoms with Crippen LogP contribution in [0.2, 0.25) is 0 Å². The van der Waals surface area contributed by atoms with Crippen LogP contribution >= 0.6 is 11.3 Å². The lowest BCUT2D eigenvalue weighted by atomic mass is 10.1. The van der Waals surface area contributed by atoms with Crippen molar-refractivity contribution in [3.8, 4) is 16.9 Å². The zero-order chi connectivity index (χ0) is 14.0. The molecule has 19 heavy (non-hydrogen) atoms. The second-order valence-electron chi connectivity index (χ2n) is 4.34. The average molecular weight is 279 g/mol. The summed E-state index contributed by atoms with van der Waals surface area (Å²) in [6.45, 7) is 3.74. The van der Waals surface area contributed by atoms with Gasteiger partial charge in [0.2, 0.25) is 0 Å². The van der Waals surface area contributed by atoms with Gasteiger partial charge >= 0.3 is 0 Å². The first-order chi connectivity index (χ1) is 8.99. The highest BCUT2D eigenvalue weighted by atomic mass is 32.1. The van der Waals surface area contributed by atoms with Crippen LogP contribution in [0, 0.1) is 5.82 Å². The molecule has 1 amide bonds. The van der Waals surface area contributed by atoms with Crippen molar-refractivity contribution in [1.29, 1.82) is 0 Å². The van der Waals surface area contributed by atoms with Gasteiger partial charge in [-0.15, -0.1) is 11.3 Å². The fourth-order valence-electron chi connectivity index (χ4n) is 1.73. The molecule has 0 aliphatic rings. The number of halogens is 1. The first-order valence-corrected chi connectivity index (χ1v) is 6.71. The maximum atomic E-state index is 14.0. The van der Waals surface area contributed by atoms with E-state index in [4.69, 9.17) is 10.5 Å². The van der Waals surface area contributed by atoms with E-state index in [0.717, 1.165) is 0 Å². The average Bonchev–Trinajstić information content (AvgIpc) is 2.77. The smallest absolute Gasteiger partial charge is 0.258 e. The Hall–Kier alpha value is -1.88. The summed E-state index contributed by atoms with van der Waals surface area (Å²) in [5.74, 6) is -0.435. The van der Waals surface area contributed by atoms with E-state index in [1.165, 1.54) is 17.4 Å². The Balaban J connectivity index is 2.50. The van der Waals surface area contributed by atoms with Gasteiger partial charge in [-0.2, -0.15) is 0 Å². The topological polar surface area (TPSA) is 52.3 Å². The van der Waals surface area contributed by atoms with E-state index in [2.05, 4.69) is 0 Å². The minimum absolute atomic E-state index is 0.0604. The Labute approximate surface area is 114 Å². The molecule has 100 valence electrons. The summed E-state index contributed by atoms with van der Waals surface area (Å²) in [7, 11) is 0. The fourth-order valence-corrected chi connectivity index (χ4v) is 2.48. The summed E-state index contributed by atoms with van der Waals surface area (Å²) in [6.07, 6.45) is -0.0604. The number of carbonyl (C=O) groups excluding carboxylic acids is 1. The SMILES string of the molecule is CC(C)Oc1cccc(F)c1-c1csc(C(N)=O)c1. The Morgan fingerprint density at radius 2 is 2.16 bits per heavy atom. The number of rotatable bonds is 4. The first-order valence-electron chi connectivity index (χ1n) is 5.83. The predicted molar refractivity (Wildman–Crippen MR) is 74.0 cm³/mol. The van der Waals surface area contributed by atoms with Crippen molar-refractivity contribution in [2.45, 2.75) is 20.0 Å². The van der Waals surface area contributed by atoms with Crippen molar-refractivity contribution in [2.24, 2.45) is 5.73 Å². The normalized spacial score (nSPS) is 10.7. The van der Waals surface area contributed by atoms with Crippen molar-refractivity contribution >= 4 is 17.2 Å². The maximum Gasteiger partial charge on any atom is 0.258 e. The molecule has 5 heteroatoms. The van der Waals surface area contributed by atoms with Crippen molar-refractivity contribution < 1.29 is 13.9 Å². The van der Waals surface area contributed by atoms with E-state index in [9.17, 15) is 9.18 Å². The molecule has 0 radical (unpaired) electrons. The molecule has 0 aliphatic heterocycles. The van der Waals surface area contributed by atoms with Gasteiger partial charge in [0.05, 0.1) is 16.5 Å². The van der Waals surface area contributed by atoms with Crippen LogP contribution in [0.5, 0.6) is 5.75 Å². The van der Waals surface area contributed by atoms with Gasteiger partial charge in [0.25, 0.3) is 5.91 Å². The van der Waals surface area contributed by atoms with Crippen LogP contribution < -0.4 is 10.5 Å². The molecule has 0 bridgehead atoms. The van der Waals surface area contributed by atoms with Crippen LogP contribution in [-0.4, -0.2) is 12.0 Å². The molecule has 0 fully saturated rings. The zero-order valence-electron chi connectivity index (χ0n) is 10.6. The van der Waals surface area contributed by atoms with E-state index < -0.39 is 5.91 Å². The summed E-state index contributed by atoms with van der Waals surface area (Å²) < 4.78 is 19.6. The number of thiophene rings is 1. The summed E-state index contributed by atoms with van der Waals surface area (Å²) in [6, 6.07) is 6.25.